The number of hydrogen-bond donors (Lipinski definition) is 2. The fourth-order valence-corrected chi connectivity index (χ4v) is 2.73. The fourth-order valence-electron chi connectivity index (χ4n) is 2.54. The number of likely N-dealkylation sites (tertiary alicyclic amines) is 1. The Morgan fingerprint density at radius 1 is 1.50 bits per heavy atom. The van der Waals surface area contributed by atoms with E-state index in [1.807, 2.05) is 26.0 Å². The molecule has 1 saturated heterocycles. The molecule has 0 radical (unpaired) electrons. The Morgan fingerprint density at radius 3 is 2.85 bits per heavy atom. The number of aliphatic hydroxyl groups excluding tert-OH is 1. The summed E-state index contributed by atoms with van der Waals surface area (Å²) in [5.74, 6) is 0.218. The molecule has 1 aromatic carbocycles. The average Bonchev–Trinajstić information content (AvgIpc) is 2.87. The first-order valence-electron chi connectivity index (χ1n) is 6.96. The van der Waals surface area contributed by atoms with E-state index in [4.69, 9.17) is 11.6 Å². The smallest absolute Gasteiger partial charge is 0.241 e. The summed E-state index contributed by atoms with van der Waals surface area (Å²) in [6.07, 6.45) is 0.620. The van der Waals surface area contributed by atoms with Gasteiger partial charge >= 0.3 is 0 Å². The van der Waals surface area contributed by atoms with E-state index in [-0.39, 0.29) is 24.0 Å². The number of aliphatic hydroxyl groups is 1. The number of carbonyl (C=O) groups is 1. The van der Waals surface area contributed by atoms with Gasteiger partial charge in [0.2, 0.25) is 5.91 Å². The first kappa shape index (κ1) is 15.3. The Morgan fingerprint density at radius 2 is 2.25 bits per heavy atom. The van der Waals surface area contributed by atoms with Crippen molar-refractivity contribution in [2.75, 3.05) is 18.4 Å². The Kier molecular flexibility index (Phi) is 5.02. The second kappa shape index (κ2) is 6.57. The summed E-state index contributed by atoms with van der Waals surface area (Å²) in [4.78, 5) is 14.3. The third-order valence-electron chi connectivity index (χ3n) is 3.96. The van der Waals surface area contributed by atoms with E-state index in [1.54, 1.807) is 12.1 Å². The molecule has 0 aliphatic carbocycles. The topological polar surface area (TPSA) is 52.6 Å². The summed E-state index contributed by atoms with van der Waals surface area (Å²) in [6.45, 7) is 5.32. The van der Waals surface area contributed by atoms with E-state index >= 15 is 0 Å². The molecule has 1 aliphatic rings. The quantitative estimate of drug-likeness (QED) is 0.897. The van der Waals surface area contributed by atoms with Crippen molar-refractivity contribution in [3.63, 3.8) is 0 Å². The number of anilines is 1. The molecule has 0 spiro atoms. The largest absolute Gasteiger partial charge is 0.393 e. The normalized spacial score (nSPS) is 22.5. The summed E-state index contributed by atoms with van der Waals surface area (Å²) >= 11 is 5.90. The SMILES string of the molecule is CC(O)C1CCN(C(C)C(=O)Nc2cccc(Cl)c2)C1. The van der Waals surface area contributed by atoms with E-state index in [9.17, 15) is 9.90 Å². The van der Waals surface area contributed by atoms with Gasteiger partial charge in [-0.25, -0.2) is 0 Å². The van der Waals surface area contributed by atoms with Crippen LogP contribution in [0.15, 0.2) is 24.3 Å². The summed E-state index contributed by atoms with van der Waals surface area (Å²) < 4.78 is 0. The Hall–Kier alpha value is -1.10. The third-order valence-corrected chi connectivity index (χ3v) is 4.19. The van der Waals surface area contributed by atoms with Crippen LogP contribution in [-0.2, 0) is 4.79 Å². The van der Waals surface area contributed by atoms with Crippen LogP contribution < -0.4 is 5.32 Å². The van der Waals surface area contributed by atoms with Crippen molar-refractivity contribution in [3.8, 4) is 0 Å². The lowest BCUT2D eigenvalue weighted by atomic mass is 10.0. The molecule has 1 heterocycles. The molecule has 1 fully saturated rings. The molecular weight excluding hydrogens is 276 g/mol. The molecular formula is C15H21ClN2O2. The van der Waals surface area contributed by atoms with Crippen molar-refractivity contribution >= 4 is 23.2 Å². The predicted octanol–water partition coefficient (Wildman–Crippen LogP) is 2.37. The Balaban J connectivity index is 1.93. The van der Waals surface area contributed by atoms with Crippen LogP contribution >= 0.6 is 11.6 Å². The molecule has 1 amide bonds. The molecule has 1 aromatic rings. The molecule has 0 saturated carbocycles. The number of rotatable bonds is 4. The predicted molar refractivity (Wildman–Crippen MR) is 80.9 cm³/mol. The summed E-state index contributed by atoms with van der Waals surface area (Å²) in [6, 6.07) is 6.92. The molecule has 5 heteroatoms. The molecule has 110 valence electrons. The molecule has 2 N–H and O–H groups in total. The van der Waals surface area contributed by atoms with Gasteiger partial charge in [-0.3, -0.25) is 9.69 Å². The number of hydrogen-bond acceptors (Lipinski definition) is 3. The Bertz CT molecular complexity index is 479. The van der Waals surface area contributed by atoms with Gasteiger partial charge in [-0.05, 0) is 50.9 Å². The van der Waals surface area contributed by atoms with Crippen LogP contribution in [0.4, 0.5) is 5.69 Å². The number of amides is 1. The van der Waals surface area contributed by atoms with Crippen LogP contribution in [0.3, 0.4) is 0 Å². The van der Waals surface area contributed by atoms with E-state index in [2.05, 4.69) is 10.2 Å². The molecule has 3 atom stereocenters. The standard InChI is InChI=1S/C15H21ClN2O2/c1-10(18-7-6-12(9-18)11(2)19)15(20)17-14-5-3-4-13(16)8-14/h3-5,8,10-12,19H,6-7,9H2,1-2H3,(H,17,20). The monoisotopic (exact) mass is 296 g/mol. The molecule has 4 nitrogen and oxygen atoms in total. The zero-order chi connectivity index (χ0) is 14.7. The van der Waals surface area contributed by atoms with Crippen LogP contribution in [-0.4, -0.2) is 41.1 Å². The van der Waals surface area contributed by atoms with Crippen molar-refractivity contribution < 1.29 is 9.90 Å². The van der Waals surface area contributed by atoms with Crippen LogP contribution in [0.25, 0.3) is 0 Å². The highest BCUT2D eigenvalue weighted by atomic mass is 35.5. The lowest BCUT2D eigenvalue weighted by molar-refractivity contribution is -0.120. The second-order valence-corrected chi connectivity index (χ2v) is 5.90. The summed E-state index contributed by atoms with van der Waals surface area (Å²) in [7, 11) is 0. The highest BCUT2D eigenvalue weighted by Crippen LogP contribution is 2.22. The lowest BCUT2D eigenvalue weighted by Crippen LogP contribution is -2.41. The van der Waals surface area contributed by atoms with Gasteiger partial charge in [-0.1, -0.05) is 17.7 Å². The van der Waals surface area contributed by atoms with Gasteiger partial charge in [-0.2, -0.15) is 0 Å². The highest BCUT2D eigenvalue weighted by Gasteiger charge is 2.31. The average molecular weight is 297 g/mol. The van der Waals surface area contributed by atoms with E-state index < -0.39 is 0 Å². The van der Waals surface area contributed by atoms with Gasteiger partial charge in [0.25, 0.3) is 0 Å². The van der Waals surface area contributed by atoms with Crippen LogP contribution in [0, 0.1) is 5.92 Å². The molecule has 1 aliphatic heterocycles. The van der Waals surface area contributed by atoms with Crippen LogP contribution in [0.1, 0.15) is 20.3 Å². The van der Waals surface area contributed by atoms with Gasteiger partial charge in [-0.15, -0.1) is 0 Å². The number of nitrogens with zero attached hydrogens (tertiary/aromatic N) is 1. The third kappa shape index (κ3) is 3.72. The molecule has 0 bridgehead atoms. The van der Waals surface area contributed by atoms with E-state index in [0.717, 1.165) is 19.5 Å². The van der Waals surface area contributed by atoms with Gasteiger partial charge in [0, 0.05) is 17.3 Å². The van der Waals surface area contributed by atoms with Gasteiger partial charge in [0.05, 0.1) is 12.1 Å². The van der Waals surface area contributed by atoms with Gasteiger partial charge in [0.1, 0.15) is 0 Å². The minimum absolute atomic E-state index is 0.0430. The van der Waals surface area contributed by atoms with Gasteiger partial charge < -0.3 is 10.4 Å². The molecule has 3 unspecified atom stereocenters. The fraction of sp³-hybridized carbons (Fsp3) is 0.533. The molecule has 20 heavy (non-hydrogen) atoms. The number of halogens is 1. The number of nitrogens with one attached hydrogen (secondary N) is 1. The molecule has 0 aromatic heterocycles. The first-order valence-corrected chi connectivity index (χ1v) is 7.33. The van der Waals surface area contributed by atoms with Crippen molar-refractivity contribution in [2.45, 2.75) is 32.4 Å². The first-order chi connectivity index (χ1) is 9.47. The molecule has 2 rings (SSSR count). The zero-order valence-corrected chi connectivity index (χ0v) is 12.6. The minimum Gasteiger partial charge on any atom is -0.393 e. The Labute approximate surface area is 124 Å². The maximum atomic E-state index is 12.2. The highest BCUT2D eigenvalue weighted by molar-refractivity contribution is 6.30. The van der Waals surface area contributed by atoms with Crippen molar-refractivity contribution in [1.29, 1.82) is 0 Å². The van der Waals surface area contributed by atoms with Gasteiger partial charge in [0.15, 0.2) is 0 Å². The van der Waals surface area contributed by atoms with E-state index in [1.165, 1.54) is 0 Å². The van der Waals surface area contributed by atoms with Crippen molar-refractivity contribution in [1.82, 2.24) is 4.90 Å². The van der Waals surface area contributed by atoms with Crippen LogP contribution in [0.2, 0.25) is 5.02 Å². The summed E-state index contributed by atoms with van der Waals surface area (Å²) in [5.41, 5.74) is 0.709. The maximum absolute atomic E-state index is 12.2. The van der Waals surface area contributed by atoms with Crippen LogP contribution in [0.5, 0.6) is 0 Å². The maximum Gasteiger partial charge on any atom is 0.241 e. The lowest BCUT2D eigenvalue weighted by Gasteiger charge is -2.24. The van der Waals surface area contributed by atoms with E-state index in [0.29, 0.717) is 10.7 Å². The zero-order valence-electron chi connectivity index (χ0n) is 11.8. The second-order valence-electron chi connectivity index (χ2n) is 5.46. The van der Waals surface area contributed by atoms with Crippen molar-refractivity contribution in [3.05, 3.63) is 29.3 Å². The number of benzene rings is 1. The number of carbonyl (C=O) groups excluding carboxylic acids is 1. The summed E-state index contributed by atoms with van der Waals surface area (Å²) in [5, 5.41) is 13.1. The minimum atomic E-state index is -0.316. The van der Waals surface area contributed by atoms with Crippen molar-refractivity contribution in [2.24, 2.45) is 5.92 Å².